The topological polar surface area (TPSA) is 63.6 Å². The van der Waals surface area contributed by atoms with Crippen LogP contribution in [0.2, 0.25) is 0 Å². The zero-order valence-corrected chi connectivity index (χ0v) is 14.0. The molecular formula is C18H32O4. The molecule has 0 spiro atoms. The molecule has 1 N–H and O–H groups in total. The molecule has 1 rings (SSSR count). The summed E-state index contributed by atoms with van der Waals surface area (Å²) in [5.74, 6) is 0.188. The number of unbranched alkanes of at least 4 members (excludes halogenated alkanes) is 5. The van der Waals surface area contributed by atoms with Crippen molar-refractivity contribution in [1.29, 1.82) is 0 Å². The Labute approximate surface area is 134 Å². The Morgan fingerprint density at radius 1 is 1.09 bits per heavy atom. The average molecular weight is 312 g/mol. The molecule has 1 aliphatic carbocycles. The predicted molar refractivity (Wildman–Crippen MR) is 86.5 cm³/mol. The van der Waals surface area contributed by atoms with Gasteiger partial charge in [-0.2, -0.15) is 0 Å². The van der Waals surface area contributed by atoms with Gasteiger partial charge in [-0.15, -0.1) is 0 Å². The lowest BCUT2D eigenvalue weighted by molar-refractivity contribution is -0.145. The van der Waals surface area contributed by atoms with Gasteiger partial charge in [0.2, 0.25) is 0 Å². The molecule has 22 heavy (non-hydrogen) atoms. The summed E-state index contributed by atoms with van der Waals surface area (Å²) in [6, 6.07) is 0. The van der Waals surface area contributed by atoms with E-state index in [4.69, 9.17) is 9.84 Å². The van der Waals surface area contributed by atoms with E-state index in [1.165, 1.54) is 25.7 Å². The van der Waals surface area contributed by atoms with Crippen molar-refractivity contribution < 1.29 is 19.4 Å². The lowest BCUT2D eigenvalue weighted by atomic mass is 9.94. The molecule has 0 amide bonds. The molecule has 4 heteroatoms. The van der Waals surface area contributed by atoms with Crippen LogP contribution in [0.15, 0.2) is 0 Å². The summed E-state index contributed by atoms with van der Waals surface area (Å²) in [6.45, 7) is 2.69. The van der Waals surface area contributed by atoms with Crippen molar-refractivity contribution in [1.82, 2.24) is 0 Å². The number of hydrogen-bond acceptors (Lipinski definition) is 4. The first-order valence-corrected chi connectivity index (χ1v) is 8.96. The standard InChI is InChI=1S/C18H32O4/c1-2-3-4-5-6-7-12-22-18(21)14-15(10-11-19)13-17(20)16-8-9-16/h15-16,19H,2-14H2,1H3. The van der Waals surface area contributed by atoms with Crippen molar-refractivity contribution in [2.24, 2.45) is 11.8 Å². The van der Waals surface area contributed by atoms with Gasteiger partial charge in [0.05, 0.1) is 6.61 Å². The second kappa shape index (κ2) is 11.6. The van der Waals surface area contributed by atoms with Crippen LogP contribution in [0, 0.1) is 11.8 Å². The van der Waals surface area contributed by atoms with Crippen LogP contribution < -0.4 is 0 Å². The largest absolute Gasteiger partial charge is 0.466 e. The van der Waals surface area contributed by atoms with Crippen LogP contribution in [-0.4, -0.2) is 30.1 Å². The number of esters is 1. The fraction of sp³-hybridized carbons (Fsp3) is 0.889. The third kappa shape index (κ3) is 9.19. The van der Waals surface area contributed by atoms with E-state index in [1.54, 1.807) is 0 Å². The summed E-state index contributed by atoms with van der Waals surface area (Å²) in [7, 11) is 0. The molecule has 0 aromatic carbocycles. The second-order valence-corrected chi connectivity index (χ2v) is 6.52. The van der Waals surface area contributed by atoms with Crippen LogP contribution in [0.25, 0.3) is 0 Å². The van der Waals surface area contributed by atoms with Crippen LogP contribution in [-0.2, 0) is 14.3 Å². The number of aliphatic hydroxyl groups excluding tert-OH is 1. The summed E-state index contributed by atoms with van der Waals surface area (Å²) in [5, 5.41) is 9.07. The maximum Gasteiger partial charge on any atom is 0.306 e. The highest BCUT2D eigenvalue weighted by molar-refractivity contribution is 5.83. The van der Waals surface area contributed by atoms with Crippen molar-refractivity contribution in [3.05, 3.63) is 0 Å². The Morgan fingerprint density at radius 2 is 1.77 bits per heavy atom. The van der Waals surface area contributed by atoms with Crippen molar-refractivity contribution in [2.75, 3.05) is 13.2 Å². The first-order valence-electron chi connectivity index (χ1n) is 8.96. The van der Waals surface area contributed by atoms with E-state index < -0.39 is 0 Å². The monoisotopic (exact) mass is 312 g/mol. The van der Waals surface area contributed by atoms with Crippen LogP contribution in [0.5, 0.6) is 0 Å². The lowest BCUT2D eigenvalue weighted by Crippen LogP contribution is -2.17. The summed E-state index contributed by atoms with van der Waals surface area (Å²) < 4.78 is 5.25. The van der Waals surface area contributed by atoms with Gasteiger partial charge in [-0.25, -0.2) is 0 Å². The quantitative estimate of drug-likeness (QED) is 0.393. The zero-order valence-electron chi connectivity index (χ0n) is 14.0. The zero-order chi connectivity index (χ0) is 16.2. The molecular weight excluding hydrogens is 280 g/mol. The first kappa shape index (κ1) is 19.1. The van der Waals surface area contributed by atoms with Crippen LogP contribution in [0.3, 0.4) is 0 Å². The molecule has 1 saturated carbocycles. The van der Waals surface area contributed by atoms with E-state index in [9.17, 15) is 9.59 Å². The molecule has 0 aliphatic heterocycles. The van der Waals surface area contributed by atoms with Gasteiger partial charge in [-0.05, 0) is 31.6 Å². The van der Waals surface area contributed by atoms with Gasteiger partial charge in [-0.3, -0.25) is 9.59 Å². The third-order valence-corrected chi connectivity index (χ3v) is 4.28. The van der Waals surface area contributed by atoms with Gasteiger partial charge in [0.15, 0.2) is 0 Å². The maximum absolute atomic E-state index is 11.8. The van der Waals surface area contributed by atoms with E-state index in [2.05, 4.69) is 6.92 Å². The SMILES string of the molecule is CCCCCCCCOC(=O)CC(CCO)CC(=O)C1CC1. The highest BCUT2D eigenvalue weighted by atomic mass is 16.5. The van der Waals surface area contributed by atoms with Crippen LogP contribution in [0.1, 0.15) is 77.6 Å². The van der Waals surface area contributed by atoms with Crippen molar-refractivity contribution in [2.45, 2.75) is 77.6 Å². The molecule has 4 nitrogen and oxygen atoms in total. The Balaban J connectivity index is 2.10. The highest BCUT2D eigenvalue weighted by Crippen LogP contribution is 2.33. The second-order valence-electron chi connectivity index (χ2n) is 6.52. The van der Waals surface area contributed by atoms with E-state index >= 15 is 0 Å². The lowest BCUT2D eigenvalue weighted by Gasteiger charge is -2.14. The van der Waals surface area contributed by atoms with E-state index in [1.807, 2.05) is 0 Å². The smallest absolute Gasteiger partial charge is 0.306 e. The van der Waals surface area contributed by atoms with E-state index in [0.29, 0.717) is 19.4 Å². The molecule has 128 valence electrons. The molecule has 0 saturated heterocycles. The summed E-state index contributed by atoms with van der Waals surface area (Å²) >= 11 is 0. The molecule has 1 aliphatic rings. The minimum Gasteiger partial charge on any atom is -0.466 e. The van der Waals surface area contributed by atoms with E-state index in [-0.39, 0.29) is 36.6 Å². The van der Waals surface area contributed by atoms with Gasteiger partial charge >= 0.3 is 5.97 Å². The van der Waals surface area contributed by atoms with Gasteiger partial charge in [0.1, 0.15) is 5.78 Å². The molecule has 1 atom stereocenters. The Morgan fingerprint density at radius 3 is 2.41 bits per heavy atom. The van der Waals surface area contributed by atoms with Crippen LogP contribution in [0.4, 0.5) is 0 Å². The van der Waals surface area contributed by atoms with Gasteiger partial charge in [-0.1, -0.05) is 39.0 Å². The molecule has 0 heterocycles. The third-order valence-electron chi connectivity index (χ3n) is 4.28. The average Bonchev–Trinajstić information content (AvgIpc) is 3.31. The van der Waals surface area contributed by atoms with Crippen LogP contribution >= 0.6 is 0 Å². The number of carbonyl (C=O) groups is 2. The van der Waals surface area contributed by atoms with E-state index in [0.717, 1.165) is 25.7 Å². The molecule has 0 radical (unpaired) electrons. The normalized spacial score (nSPS) is 15.5. The fourth-order valence-electron chi connectivity index (χ4n) is 2.68. The fourth-order valence-corrected chi connectivity index (χ4v) is 2.68. The molecule has 1 fully saturated rings. The Bertz CT molecular complexity index is 323. The van der Waals surface area contributed by atoms with Gasteiger partial charge in [0, 0.05) is 25.4 Å². The number of rotatable bonds is 14. The van der Waals surface area contributed by atoms with Crippen molar-refractivity contribution in [3.63, 3.8) is 0 Å². The number of ketones is 1. The van der Waals surface area contributed by atoms with Crippen molar-refractivity contribution in [3.8, 4) is 0 Å². The van der Waals surface area contributed by atoms with Gasteiger partial charge in [0.25, 0.3) is 0 Å². The number of carbonyl (C=O) groups excluding carboxylic acids is 2. The highest BCUT2D eigenvalue weighted by Gasteiger charge is 2.31. The predicted octanol–water partition coefficient (Wildman–Crippen LogP) is 3.65. The Kier molecular flexibility index (Phi) is 10.1. The minimum absolute atomic E-state index is 0.0212. The van der Waals surface area contributed by atoms with Crippen molar-refractivity contribution >= 4 is 11.8 Å². The maximum atomic E-state index is 11.8. The minimum atomic E-state index is -0.226. The van der Waals surface area contributed by atoms with Gasteiger partial charge < -0.3 is 9.84 Å². The molecule has 0 bridgehead atoms. The molecule has 0 aromatic heterocycles. The molecule has 1 unspecified atom stereocenters. The molecule has 0 aromatic rings. The summed E-state index contributed by atoms with van der Waals surface area (Å²) in [4.78, 5) is 23.6. The number of ether oxygens (including phenoxy) is 1. The first-order chi connectivity index (χ1) is 10.7. The number of Topliss-reactive ketones (excluding diaryl/α,β-unsaturated/α-hetero) is 1. The number of hydrogen-bond donors (Lipinski definition) is 1. The Hall–Kier alpha value is -0.900. The summed E-state index contributed by atoms with van der Waals surface area (Å²) in [6.07, 6.45) is 10.2. The number of aliphatic hydroxyl groups is 1. The summed E-state index contributed by atoms with van der Waals surface area (Å²) in [5.41, 5.74) is 0.